The molecule has 10 rings (SSSR count). The molecule has 0 amide bonds. The SMILES string of the molecule is C.Cc1c(F)c(F)c(C)c(F)c1F.Cc1cc(C)c(C)c(C)c1.Cc1cc(CC(C)(C)C(F)(F)F)cc(C)c1C.Cc1ccc(C(C)(C)C)cc1C(C)(C)C.Cc1ccc(CC(C)(C)C(F)(F)F)cc1.Cc1ccc(CC(C)(C)C(F)(F)F)cc1C.Cc1ccc(CC(C)(C)C(F)(F)F)cc1C(C)(C)C.Cc1ccc(CC(C)(C)C(F)(F)F)cc1C(C)C.Cc1ccccc1C(C)(C)C.Cc1ccccc1C(C)C. The first kappa shape index (κ1) is 135. The third-order valence-corrected chi connectivity index (χ3v) is 26.3. The molecule has 0 bridgehead atoms. The lowest BCUT2D eigenvalue weighted by molar-refractivity contribution is -0.211. The molecule has 0 aliphatic heterocycles. The van der Waals surface area contributed by atoms with E-state index in [4.69, 9.17) is 0 Å². The van der Waals surface area contributed by atoms with Crippen LogP contribution in [0.25, 0.3) is 0 Å². The van der Waals surface area contributed by atoms with Gasteiger partial charge in [0.05, 0.1) is 27.1 Å². The van der Waals surface area contributed by atoms with Gasteiger partial charge >= 0.3 is 30.9 Å². The first-order valence-corrected chi connectivity index (χ1v) is 49.0. The summed E-state index contributed by atoms with van der Waals surface area (Å²) in [5.74, 6) is -4.32. The molecule has 0 unspecified atom stereocenters. The largest absolute Gasteiger partial charge is 0.394 e. The van der Waals surface area contributed by atoms with Gasteiger partial charge in [-0.25, -0.2) is 17.6 Å². The molecule has 10 aromatic rings. The molecule has 0 radical (unpaired) electrons. The number of halogens is 19. The van der Waals surface area contributed by atoms with Gasteiger partial charge in [0.1, 0.15) is 0 Å². The summed E-state index contributed by atoms with van der Waals surface area (Å²) in [5, 5.41) is 0. The highest BCUT2D eigenvalue weighted by atomic mass is 19.4. The summed E-state index contributed by atoms with van der Waals surface area (Å²) in [6.45, 7) is 80.4. The first-order valence-electron chi connectivity index (χ1n) is 49.0. The minimum atomic E-state index is -4.18. The second-order valence-corrected chi connectivity index (χ2v) is 46.9. The van der Waals surface area contributed by atoms with E-state index >= 15 is 0 Å². The van der Waals surface area contributed by atoms with Crippen molar-refractivity contribution >= 4 is 0 Å². The van der Waals surface area contributed by atoms with Gasteiger partial charge in [0.15, 0.2) is 23.3 Å². The Morgan fingerprint density at radius 3 is 0.764 bits per heavy atom. The summed E-state index contributed by atoms with van der Waals surface area (Å²) in [5.41, 5.74) is 21.3. The van der Waals surface area contributed by atoms with E-state index in [0.29, 0.717) is 11.8 Å². The van der Waals surface area contributed by atoms with Crippen molar-refractivity contribution < 1.29 is 83.4 Å². The second-order valence-electron chi connectivity index (χ2n) is 46.9. The van der Waals surface area contributed by atoms with Crippen molar-refractivity contribution in [1.29, 1.82) is 0 Å². The fourth-order valence-corrected chi connectivity index (χ4v) is 15.6. The molecule has 0 saturated heterocycles. The van der Waals surface area contributed by atoms with Crippen LogP contribution in [0.3, 0.4) is 0 Å². The van der Waals surface area contributed by atoms with E-state index in [1.807, 2.05) is 116 Å². The third-order valence-electron chi connectivity index (χ3n) is 26.3. The Morgan fingerprint density at radius 1 is 0.201 bits per heavy atom. The molecule has 806 valence electrons. The maximum atomic E-state index is 12.9. The van der Waals surface area contributed by atoms with E-state index < -0.39 is 92.4 Å². The Bertz CT molecular complexity index is 5510. The molecule has 0 aliphatic carbocycles. The lowest BCUT2D eigenvalue weighted by Crippen LogP contribution is -2.34. The molecular formula is C125H173F19. The predicted molar refractivity (Wildman–Crippen MR) is 572 cm³/mol. The summed E-state index contributed by atoms with van der Waals surface area (Å²) in [4.78, 5) is 0. The quantitative estimate of drug-likeness (QED) is 0.0845. The molecule has 0 fully saturated rings. The second kappa shape index (κ2) is 53.7. The molecular weight excluding hydrogens is 1860 g/mol. The highest BCUT2D eigenvalue weighted by Crippen LogP contribution is 2.46. The standard InChI is InChI=1S/C16H23F3.C15H21F3.C15H24.C14H19F3.C13H17F3.C12H15F3.C11H16.2C10H14.C8H6F4.CH4/c1-11-7-8-12(9-13(11)14(2,3)4)10-15(5,6)16(17,18)19;1-10(2)13-8-12(7-6-11(13)3)9-14(4,5)15(16,17)18;1-11-8-9-12(14(2,3)4)10-13(11)15(5,6)7;1-9-6-12(7-10(2)11(9)3)8-13(4,5)14(15,16)17;1-9-5-6-11(7-10(9)2)8-12(3,4)13(14,15)16;1-9-4-6-10(7-5-9)8-11(2,3)12(13,14)15;1-9-7-5-6-8-10(9)11(2,3)4;1-7-5-8(2)10(4)9(3)6-7;1-8(2)10-7-5-4-6-9(10)3;1-3-5(9)7(11)4(2)8(12)6(3)10;/h7-9H,10H2,1-6H3;6-8,10H,9H2,1-5H3;8-10H,1-7H3;6-7H,8H2,1-5H3;5-7H,8H2,1-4H3;4-7H,8H2,1-3H3;5-8H,1-4H3;5-6H,1-4H3;4-8H,1-3H3;1-2H3;1H4. The number of aryl methyl sites for hydroxylation is 13. The van der Waals surface area contributed by atoms with Gasteiger partial charge in [-0.3, -0.25) is 0 Å². The van der Waals surface area contributed by atoms with Crippen LogP contribution in [0.5, 0.6) is 0 Å². The highest BCUT2D eigenvalue weighted by Gasteiger charge is 2.51. The van der Waals surface area contributed by atoms with Crippen molar-refractivity contribution in [1.82, 2.24) is 0 Å². The highest BCUT2D eigenvalue weighted by molar-refractivity contribution is 5.43. The zero-order chi connectivity index (χ0) is 112. The number of benzene rings is 10. The summed E-state index contributed by atoms with van der Waals surface area (Å²) in [6.07, 6.45) is -20.7. The van der Waals surface area contributed by atoms with Crippen molar-refractivity contribution in [2.75, 3.05) is 0 Å². The van der Waals surface area contributed by atoms with Crippen LogP contribution < -0.4 is 0 Å². The summed E-state index contributed by atoms with van der Waals surface area (Å²) in [6, 6.07) is 56.1. The number of hydrogen-bond donors (Lipinski definition) is 0. The van der Waals surface area contributed by atoms with Crippen LogP contribution in [0.1, 0.15) is 355 Å². The smallest absolute Gasteiger partial charge is 0.203 e. The summed E-state index contributed by atoms with van der Waals surface area (Å²) >= 11 is 0. The molecule has 0 atom stereocenters. The fourth-order valence-electron chi connectivity index (χ4n) is 15.6. The minimum absolute atomic E-state index is 0. The average molecular weight is 2040 g/mol. The van der Waals surface area contributed by atoms with Gasteiger partial charge in [-0.15, -0.1) is 0 Å². The molecule has 144 heavy (non-hydrogen) atoms. The van der Waals surface area contributed by atoms with Gasteiger partial charge in [-0.2, -0.15) is 65.9 Å². The number of rotatable bonds is 12. The van der Waals surface area contributed by atoms with Crippen LogP contribution in [0.4, 0.5) is 83.4 Å². The first-order chi connectivity index (χ1) is 64.2. The lowest BCUT2D eigenvalue weighted by atomic mass is 9.79. The van der Waals surface area contributed by atoms with E-state index in [1.54, 1.807) is 30.3 Å². The Labute approximate surface area is 856 Å². The van der Waals surface area contributed by atoms with Crippen LogP contribution in [-0.2, 0) is 53.8 Å². The van der Waals surface area contributed by atoms with Crippen LogP contribution in [0.15, 0.2) is 170 Å². The van der Waals surface area contributed by atoms with Crippen molar-refractivity contribution in [2.24, 2.45) is 27.1 Å². The molecule has 0 nitrogen and oxygen atoms in total. The van der Waals surface area contributed by atoms with Gasteiger partial charge in [0, 0.05) is 11.1 Å². The Balaban J connectivity index is 0.00000159. The molecule has 0 aliphatic rings. The van der Waals surface area contributed by atoms with Crippen LogP contribution >= 0.6 is 0 Å². The zero-order valence-electron chi connectivity index (χ0n) is 94.0. The van der Waals surface area contributed by atoms with Gasteiger partial charge in [0.2, 0.25) is 0 Å². The lowest BCUT2D eigenvalue weighted by Gasteiger charge is -2.29. The number of hydrogen-bond acceptors (Lipinski definition) is 0. The maximum Gasteiger partial charge on any atom is 0.394 e. The Hall–Kier alpha value is -9.13. The van der Waals surface area contributed by atoms with Crippen molar-refractivity contribution in [3.05, 3.63) is 349 Å². The third kappa shape index (κ3) is 42.6. The van der Waals surface area contributed by atoms with Gasteiger partial charge in [0.25, 0.3) is 0 Å². The zero-order valence-corrected chi connectivity index (χ0v) is 94.0. The van der Waals surface area contributed by atoms with E-state index in [9.17, 15) is 83.4 Å². The molecule has 0 aromatic heterocycles. The fraction of sp³-hybridized carbons (Fsp3) is 0.520. The predicted octanol–water partition coefficient (Wildman–Crippen LogP) is 41.4. The van der Waals surface area contributed by atoms with Crippen LogP contribution in [0.2, 0.25) is 0 Å². The van der Waals surface area contributed by atoms with E-state index in [0.717, 1.165) is 97.3 Å². The molecule has 0 saturated carbocycles. The van der Waals surface area contributed by atoms with Gasteiger partial charge < -0.3 is 0 Å². The maximum absolute atomic E-state index is 12.9. The average Bonchev–Trinajstić information content (AvgIpc) is 0.768. The normalized spacial score (nSPS) is 12.3. The summed E-state index contributed by atoms with van der Waals surface area (Å²) in [7, 11) is 0. The van der Waals surface area contributed by atoms with Crippen LogP contribution in [0, 0.1) is 168 Å². The number of alkyl halides is 15. The molecule has 0 heterocycles. The monoisotopic (exact) mass is 2040 g/mol. The van der Waals surface area contributed by atoms with Crippen LogP contribution in [-0.4, -0.2) is 30.9 Å². The van der Waals surface area contributed by atoms with Crippen molar-refractivity contribution in [3.63, 3.8) is 0 Å². The topological polar surface area (TPSA) is 0 Å². The summed E-state index contributed by atoms with van der Waals surface area (Å²) < 4.78 is 242. The molecule has 0 N–H and O–H groups in total. The van der Waals surface area contributed by atoms with E-state index in [2.05, 4.69) is 238 Å². The van der Waals surface area contributed by atoms with E-state index in [1.165, 1.54) is 130 Å². The van der Waals surface area contributed by atoms with Gasteiger partial charge in [-0.05, 0) is 317 Å². The molecule has 19 heteroatoms. The van der Waals surface area contributed by atoms with Gasteiger partial charge in [-0.1, -0.05) is 368 Å². The minimum Gasteiger partial charge on any atom is -0.203 e. The Kier molecular flexibility index (Phi) is 50.3. The Morgan fingerprint density at radius 2 is 0.458 bits per heavy atom. The molecule has 0 spiro atoms. The molecule has 10 aromatic carbocycles. The van der Waals surface area contributed by atoms with E-state index in [-0.39, 0.29) is 61.2 Å². The van der Waals surface area contributed by atoms with Crippen molar-refractivity contribution in [2.45, 2.75) is 402 Å². The van der Waals surface area contributed by atoms with Crippen molar-refractivity contribution in [3.8, 4) is 0 Å².